The van der Waals surface area contributed by atoms with Crippen LogP contribution in [0.5, 0.6) is 5.75 Å². The molecule has 2 heterocycles. The van der Waals surface area contributed by atoms with Crippen LogP contribution in [0.4, 0.5) is 5.69 Å². The molecule has 1 amide bonds. The Hall–Kier alpha value is -4.26. The second-order valence-electron chi connectivity index (χ2n) is 9.97. The van der Waals surface area contributed by atoms with Gasteiger partial charge in [-0.2, -0.15) is 0 Å². The molecule has 7 nitrogen and oxygen atoms in total. The van der Waals surface area contributed by atoms with Crippen molar-refractivity contribution in [2.24, 2.45) is 0 Å². The molecule has 0 saturated heterocycles. The Morgan fingerprint density at radius 1 is 0.897 bits per heavy atom. The lowest BCUT2D eigenvalue weighted by atomic mass is 9.92. The third-order valence-electron chi connectivity index (χ3n) is 7.16. The summed E-state index contributed by atoms with van der Waals surface area (Å²) < 4.78 is 5.89. The van der Waals surface area contributed by atoms with Gasteiger partial charge in [0.05, 0.1) is 28.3 Å². The molecule has 39 heavy (non-hydrogen) atoms. The van der Waals surface area contributed by atoms with Gasteiger partial charge in [0.15, 0.2) is 0 Å². The largest absolute Gasteiger partial charge is 0.487 e. The summed E-state index contributed by atoms with van der Waals surface area (Å²) in [6, 6.07) is 15.9. The van der Waals surface area contributed by atoms with Crippen LogP contribution in [0.15, 0.2) is 54.6 Å². The van der Waals surface area contributed by atoms with Crippen molar-refractivity contribution in [2.75, 3.05) is 18.4 Å². The quantitative estimate of drug-likeness (QED) is 0.219. The van der Waals surface area contributed by atoms with E-state index in [2.05, 4.69) is 38.8 Å². The topological polar surface area (TPSA) is 89.0 Å². The third kappa shape index (κ3) is 6.42. The molecule has 0 radical (unpaired) electrons. The predicted molar refractivity (Wildman–Crippen MR) is 156 cm³/mol. The van der Waals surface area contributed by atoms with Crippen LogP contribution in [0, 0.1) is 20.8 Å². The molecule has 2 aromatic carbocycles. The highest BCUT2D eigenvalue weighted by molar-refractivity contribution is 5.94. The van der Waals surface area contributed by atoms with E-state index in [1.54, 1.807) is 12.2 Å². The molecule has 0 spiro atoms. The second kappa shape index (κ2) is 12.1. The maximum absolute atomic E-state index is 12.4. The molecule has 0 bridgehead atoms. The number of aromatic nitrogens is 3. The first-order chi connectivity index (χ1) is 19.0. The highest BCUT2D eigenvalue weighted by atomic mass is 16.5. The van der Waals surface area contributed by atoms with Gasteiger partial charge in [0.2, 0.25) is 5.91 Å². The average Bonchev–Trinajstić information content (AvgIpc) is 2.95. The standard InChI is InChI=1S/C32H35N5O2/c1-21-22(2)36-30(23(3)35-21)20-39-25-15-12-24(13-16-25)14-17-31(38)33-18-19-34-32-26-8-4-6-10-28(26)37-29-11-7-5-9-27(29)32/h4,6,8,10,12-17H,5,7,9,11,18-20H2,1-3H3,(H,33,38)(H,34,37)/b17-14+. The molecule has 2 aromatic heterocycles. The number of hydrogen-bond acceptors (Lipinski definition) is 6. The first-order valence-electron chi connectivity index (χ1n) is 13.6. The number of amides is 1. The molecule has 200 valence electrons. The van der Waals surface area contributed by atoms with E-state index in [0.29, 0.717) is 19.7 Å². The maximum Gasteiger partial charge on any atom is 0.244 e. The normalized spacial score (nSPS) is 12.9. The van der Waals surface area contributed by atoms with Crippen LogP contribution in [-0.4, -0.2) is 33.9 Å². The zero-order valence-electron chi connectivity index (χ0n) is 22.9. The summed E-state index contributed by atoms with van der Waals surface area (Å²) in [7, 11) is 0. The van der Waals surface area contributed by atoms with Gasteiger partial charge in [-0.05, 0) is 81.9 Å². The predicted octanol–water partition coefficient (Wildman–Crippen LogP) is 5.65. The first kappa shape index (κ1) is 26.4. The fraction of sp³-hybridized carbons (Fsp3) is 0.312. The van der Waals surface area contributed by atoms with Crippen molar-refractivity contribution in [2.45, 2.75) is 53.1 Å². The van der Waals surface area contributed by atoms with Crippen LogP contribution in [0.2, 0.25) is 0 Å². The number of hydrogen-bond donors (Lipinski definition) is 2. The van der Waals surface area contributed by atoms with Crippen LogP contribution in [0.3, 0.4) is 0 Å². The molecule has 1 aliphatic rings. The smallest absolute Gasteiger partial charge is 0.244 e. The summed E-state index contributed by atoms with van der Waals surface area (Å²) in [6.07, 6.45) is 7.83. The van der Waals surface area contributed by atoms with Crippen LogP contribution >= 0.6 is 0 Å². The summed E-state index contributed by atoms with van der Waals surface area (Å²) in [4.78, 5) is 26.4. The number of rotatable bonds is 9. The Balaban J connectivity index is 1.11. The lowest BCUT2D eigenvalue weighted by molar-refractivity contribution is -0.116. The van der Waals surface area contributed by atoms with E-state index < -0.39 is 0 Å². The SMILES string of the molecule is Cc1nc(C)c(COc2ccc(/C=C/C(=O)NCCNc3c4c(nc5ccccc35)CCCC4)cc2)nc1C. The summed E-state index contributed by atoms with van der Waals surface area (Å²) in [5, 5.41) is 7.70. The van der Waals surface area contributed by atoms with Crippen LogP contribution < -0.4 is 15.4 Å². The minimum absolute atomic E-state index is 0.123. The summed E-state index contributed by atoms with van der Waals surface area (Å²) >= 11 is 0. The van der Waals surface area contributed by atoms with Gasteiger partial charge < -0.3 is 15.4 Å². The lowest BCUT2D eigenvalue weighted by Crippen LogP contribution is -2.27. The molecule has 5 rings (SSSR count). The van der Waals surface area contributed by atoms with Gasteiger partial charge >= 0.3 is 0 Å². The zero-order valence-corrected chi connectivity index (χ0v) is 22.9. The maximum atomic E-state index is 12.4. The number of pyridine rings is 1. The van der Waals surface area contributed by atoms with Gasteiger partial charge in [-0.15, -0.1) is 0 Å². The summed E-state index contributed by atoms with van der Waals surface area (Å²) in [6.45, 7) is 7.40. The number of anilines is 1. The molecule has 0 saturated carbocycles. The number of para-hydroxylation sites is 1. The third-order valence-corrected chi connectivity index (χ3v) is 7.16. The average molecular weight is 522 g/mol. The lowest BCUT2D eigenvalue weighted by Gasteiger charge is -2.21. The molecule has 0 aliphatic heterocycles. The van der Waals surface area contributed by atoms with Gasteiger partial charge in [-0.25, -0.2) is 0 Å². The molecule has 1 aliphatic carbocycles. The van der Waals surface area contributed by atoms with Crippen LogP contribution in [0.1, 0.15) is 52.4 Å². The number of benzene rings is 2. The van der Waals surface area contributed by atoms with Crippen molar-refractivity contribution < 1.29 is 9.53 Å². The number of carbonyl (C=O) groups excluding carboxylic acids is 1. The second-order valence-corrected chi connectivity index (χ2v) is 9.97. The molecule has 2 N–H and O–H groups in total. The number of nitrogens with zero attached hydrogens (tertiary/aromatic N) is 3. The van der Waals surface area contributed by atoms with E-state index in [9.17, 15) is 4.79 Å². The zero-order chi connectivity index (χ0) is 27.2. The van der Waals surface area contributed by atoms with Crippen LogP contribution in [0.25, 0.3) is 17.0 Å². The minimum atomic E-state index is -0.123. The van der Waals surface area contributed by atoms with E-state index >= 15 is 0 Å². The van der Waals surface area contributed by atoms with Crippen molar-refractivity contribution in [1.29, 1.82) is 0 Å². The van der Waals surface area contributed by atoms with E-state index in [4.69, 9.17) is 9.72 Å². The number of nitrogens with one attached hydrogen (secondary N) is 2. The fourth-order valence-corrected chi connectivity index (χ4v) is 4.90. The fourth-order valence-electron chi connectivity index (χ4n) is 4.90. The van der Waals surface area contributed by atoms with Crippen molar-refractivity contribution in [3.63, 3.8) is 0 Å². The monoisotopic (exact) mass is 521 g/mol. The number of fused-ring (bicyclic) bond motifs is 2. The van der Waals surface area contributed by atoms with E-state index in [-0.39, 0.29) is 5.91 Å². The van der Waals surface area contributed by atoms with Crippen molar-refractivity contribution >= 4 is 28.6 Å². The summed E-state index contributed by atoms with van der Waals surface area (Å²) in [5.41, 5.74) is 9.23. The number of carbonyl (C=O) groups is 1. The highest BCUT2D eigenvalue weighted by Gasteiger charge is 2.17. The Labute approximate surface area is 229 Å². The van der Waals surface area contributed by atoms with Crippen LogP contribution in [-0.2, 0) is 24.2 Å². The van der Waals surface area contributed by atoms with Gasteiger partial charge in [-0.1, -0.05) is 30.3 Å². The van der Waals surface area contributed by atoms with E-state index in [1.807, 2.05) is 51.1 Å². The van der Waals surface area contributed by atoms with Crippen molar-refractivity contribution in [3.05, 3.63) is 94.2 Å². The molecular formula is C32H35N5O2. The highest BCUT2D eigenvalue weighted by Crippen LogP contribution is 2.33. The number of aryl methyl sites for hydroxylation is 4. The van der Waals surface area contributed by atoms with Gasteiger partial charge in [0.25, 0.3) is 0 Å². The van der Waals surface area contributed by atoms with Gasteiger partial charge in [-0.3, -0.25) is 19.7 Å². The molecule has 7 heteroatoms. The Morgan fingerprint density at radius 3 is 2.51 bits per heavy atom. The first-order valence-corrected chi connectivity index (χ1v) is 13.6. The Morgan fingerprint density at radius 2 is 1.67 bits per heavy atom. The van der Waals surface area contributed by atoms with Crippen molar-refractivity contribution in [3.8, 4) is 5.75 Å². The Bertz CT molecular complexity index is 1510. The van der Waals surface area contributed by atoms with Gasteiger partial charge in [0, 0.05) is 35.9 Å². The summed E-state index contributed by atoms with van der Waals surface area (Å²) in [5.74, 6) is 0.621. The van der Waals surface area contributed by atoms with Gasteiger partial charge in [0.1, 0.15) is 12.4 Å². The van der Waals surface area contributed by atoms with E-state index in [0.717, 1.165) is 57.8 Å². The molecule has 4 aromatic rings. The molecule has 0 fully saturated rings. The Kier molecular flexibility index (Phi) is 8.16. The molecule has 0 unspecified atom stereocenters. The van der Waals surface area contributed by atoms with Crippen molar-refractivity contribution in [1.82, 2.24) is 20.3 Å². The minimum Gasteiger partial charge on any atom is -0.487 e. The number of ether oxygens (including phenoxy) is 1. The molecule has 0 atom stereocenters. The van der Waals surface area contributed by atoms with E-state index in [1.165, 1.54) is 29.8 Å². The molecular weight excluding hydrogens is 486 g/mol.